The molecule has 1 aromatic heterocycles. The highest BCUT2D eigenvalue weighted by atomic mass is 79.9. The van der Waals surface area contributed by atoms with Crippen LogP contribution in [0.25, 0.3) is 0 Å². The van der Waals surface area contributed by atoms with Gasteiger partial charge >= 0.3 is 0 Å². The van der Waals surface area contributed by atoms with Crippen LogP contribution in [0.15, 0.2) is 10.7 Å². The molecule has 5 heteroatoms. The van der Waals surface area contributed by atoms with E-state index in [-0.39, 0.29) is 5.28 Å². The minimum Gasteiger partial charge on any atom is -0.366 e. The predicted octanol–water partition coefficient (Wildman–Crippen LogP) is 3.88. The molecule has 0 fully saturated rings. The summed E-state index contributed by atoms with van der Waals surface area (Å²) in [6, 6.07) is 0.442. The highest BCUT2D eigenvalue weighted by Crippen LogP contribution is 2.22. The van der Waals surface area contributed by atoms with Crippen LogP contribution in [-0.2, 0) is 0 Å². The van der Waals surface area contributed by atoms with E-state index in [1.807, 2.05) is 0 Å². The van der Waals surface area contributed by atoms with Crippen LogP contribution in [0.2, 0.25) is 5.28 Å². The van der Waals surface area contributed by atoms with Gasteiger partial charge in [-0.05, 0) is 40.4 Å². The van der Waals surface area contributed by atoms with Crippen LogP contribution < -0.4 is 5.32 Å². The van der Waals surface area contributed by atoms with Crippen molar-refractivity contribution in [2.75, 3.05) is 5.32 Å². The number of rotatable bonds is 5. The molecule has 0 bridgehead atoms. The van der Waals surface area contributed by atoms with Crippen LogP contribution in [0.1, 0.15) is 33.1 Å². The quantitative estimate of drug-likeness (QED) is 0.837. The van der Waals surface area contributed by atoms with Crippen molar-refractivity contribution >= 4 is 33.3 Å². The molecule has 0 amide bonds. The molecule has 1 N–H and O–H groups in total. The van der Waals surface area contributed by atoms with E-state index in [2.05, 4.69) is 45.1 Å². The number of halogens is 2. The first kappa shape index (κ1) is 12.7. The molecule has 0 spiro atoms. The van der Waals surface area contributed by atoms with Crippen LogP contribution in [0.3, 0.4) is 0 Å². The fraction of sp³-hybridized carbons (Fsp3) is 0.600. The zero-order valence-electron chi connectivity index (χ0n) is 8.93. The lowest BCUT2D eigenvalue weighted by Crippen LogP contribution is -2.19. The average molecular weight is 293 g/mol. The van der Waals surface area contributed by atoms with E-state index in [0.29, 0.717) is 6.04 Å². The molecule has 0 saturated heterocycles. The van der Waals surface area contributed by atoms with E-state index in [4.69, 9.17) is 11.6 Å². The molecule has 15 heavy (non-hydrogen) atoms. The van der Waals surface area contributed by atoms with Crippen molar-refractivity contribution in [1.29, 1.82) is 0 Å². The zero-order chi connectivity index (χ0) is 11.3. The topological polar surface area (TPSA) is 37.8 Å². The summed E-state index contributed by atoms with van der Waals surface area (Å²) in [5, 5.41) is 3.63. The van der Waals surface area contributed by atoms with Gasteiger partial charge in [-0.25, -0.2) is 4.98 Å². The fourth-order valence-electron chi connectivity index (χ4n) is 1.37. The van der Waals surface area contributed by atoms with Gasteiger partial charge in [0.25, 0.3) is 0 Å². The Morgan fingerprint density at radius 3 is 2.87 bits per heavy atom. The van der Waals surface area contributed by atoms with E-state index >= 15 is 0 Å². The summed E-state index contributed by atoms with van der Waals surface area (Å²) < 4.78 is 0.849. The first-order chi connectivity index (χ1) is 7.17. The maximum atomic E-state index is 5.74. The number of hydrogen-bond acceptors (Lipinski definition) is 3. The molecule has 0 saturated carbocycles. The molecule has 0 aliphatic heterocycles. The zero-order valence-corrected chi connectivity index (χ0v) is 11.3. The first-order valence-electron chi connectivity index (χ1n) is 5.12. The SMILES string of the molecule is CCCC(CC)Nc1nc(Cl)ncc1Br. The molecule has 1 atom stereocenters. The predicted molar refractivity (Wildman–Crippen MR) is 67.4 cm³/mol. The Balaban J connectivity index is 2.73. The largest absolute Gasteiger partial charge is 0.366 e. The number of nitrogens with one attached hydrogen (secondary N) is 1. The van der Waals surface area contributed by atoms with Gasteiger partial charge in [0.2, 0.25) is 5.28 Å². The lowest BCUT2D eigenvalue weighted by molar-refractivity contribution is 0.620. The van der Waals surface area contributed by atoms with Crippen LogP contribution in [0, 0.1) is 0 Å². The summed E-state index contributed by atoms with van der Waals surface area (Å²) in [6.07, 6.45) is 5.02. The average Bonchev–Trinajstić information content (AvgIpc) is 2.22. The van der Waals surface area contributed by atoms with Gasteiger partial charge in [-0.2, -0.15) is 4.98 Å². The summed E-state index contributed by atoms with van der Waals surface area (Å²) >= 11 is 9.13. The van der Waals surface area contributed by atoms with Gasteiger partial charge in [0.15, 0.2) is 0 Å². The van der Waals surface area contributed by atoms with Gasteiger partial charge < -0.3 is 5.32 Å². The Labute approximate surface area is 104 Å². The van der Waals surface area contributed by atoms with Gasteiger partial charge in [-0.3, -0.25) is 0 Å². The molecule has 1 unspecified atom stereocenters. The molecule has 0 aromatic carbocycles. The van der Waals surface area contributed by atoms with Crippen molar-refractivity contribution in [2.45, 2.75) is 39.2 Å². The standard InChI is InChI=1S/C10H15BrClN3/c1-3-5-7(4-2)14-9-8(11)6-13-10(12)15-9/h6-7H,3-5H2,1-2H3,(H,13,14,15). The Morgan fingerprint density at radius 1 is 1.53 bits per heavy atom. The molecular formula is C10H15BrClN3. The van der Waals surface area contributed by atoms with Gasteiger partial charge in [0.1, 0.15) is 5.82 Å². The van der Waals surface area contributed by atoms with Crippen LogP contribution in [0.5, 0.6) is 0 Å². The molecule has 1 rings (SSSR count). The molecule has 1 aromatic rings. The van der Waals surface area contributed by atoms with Crippen molar-refractivity contribution in [3.8, 4) is 0 Å². The number of hydrogen-bond donors (Lipinski definition) is 1. The number of nitrogens with zero attached hydrogens (tertiary/aromatic N) is 2. The second-order valence-electron chi connectivity index (χ2n) is 3.37. The number of anilines is 1. The third kappa shape index (κ3) is 3.95. The summed E-state index contributed by atoms with van der Waals surface area (Å²) in [5.74, 6) is 0.773. The lowest BCUT2D eigenvalue weighted by Gasteiger charge is -2.17. The smallest absolute Gasteiger partial charge is 0.224 e. The van der Waals surface area contributed by atoms with Crippen LogP contribution in [0.4, 0.5) is 5.82 Å². The van der Waals surface area contributed by atoms with Crippen LogP contribution >= 0.6 is 27.5 Å². The van der Waals surface area contributed by atoms with Gasteiger partial charge in [0, 0.05) is 12.2 Å². The van der Waals surface area contributed by atoms with Gasteiger partial charge in [-0.1, -0.05) is 20.3 Å². The van der Waals surface area contributed by atoms with Crippen molar-refractivity contribution in [1.82, 2.24) is 9.97 Å². The monoisotopic (exact) mass is 291 g/mol. The summed E-state index contributed by atoms with van der Waals surface area (Å²) in [5.41, 5.74) is 0. The van der Waals surface area contributed by atoms with Gasteiger partial charge in [-0.15, -0.1) is 0 Å². The van der Waals surface area contributed by atoms with Gasteiger partial charge in [0.05, 0.1) is 4.47 Å². The van der Waals surface area contributed by atoms with Crippen LogP contribution in [-0.4, -0.2) is 16.0 Å². The van der Waals surface area contributed by atoms with Crippen molar-refractivity contribution in [3.63, 3.8) is 0 Å². The van der Waals surface area contributed by atoms with E-state index in [1.54, 1.807) is 6.20 Å². The maximum Gasteiger partial charge on any atom is 0.224 e. The van der Waals surface area contributed by atoms with E-state index in [1.165, 1.54) is 0 Å². The second-order valence-corrected chi connectivity index (χ2v) is 4.57. The molecule has 84 valence electrons. The summed E-state index contributed by atoms with van der Waals surface area (Å²) in [4.78, 5) is 8.02. The van der Waals surface area contributed by atoms with Crippen molar-refractivity contribution in [2.24, 2.45) is 0 Å². The van der Waals surface area contributed by atoms with E-state index in [9.17, 15) is 0 Å². The summed E-state index contributed by atoms with van der Waals surface area (Å²) in [6.45, 7) is 4.33. The Morgan fingerprint density at radius 2 is 2.27 bits per heavy atom. The molecule has 1 heterocycles. The summed E-state index contributed by atoms with van der Waals surface area (Å²) in [7, 11) is 0. The first-order valence-corrected chi connectivity index (χ1v) is 6.29. The Hall–Kier alpha value is -0.350. The molecule has 0 radical (unpaired) electrons. The normalized spacial score (nSPS) is 12.5. The fourth-order valence-corrected chi connectivity index (χ4v) is 1.81. The highest BCUT2D eigenvalue weighted by molar-refractivity contribution is 9.10. The molecule has 0 aliphatic rings. The van der Waals surface area contributed by atoms with E-state index in [0.717, 1.165) is 29.6 Å². The Bertz CT molecular complexity index is 320. The maximum absolute atomic E-state index is 5.74. The molecule has 3 nitrogen and oxygen atoms in total. The van der Waals surface area contributed by atoms with E-state index < -0.39 is 0 Å². The highest BCUT2D eigenvalue weighted by Gasteiger charge is 2.09. The minimum absolute atomic E-state index is 0.270. The third-order valence-electron chi connectivity index (χ3n) is 2.19. The Kier molecular flexibility index (Phi) is 5.32. The number of aromatic nitrogens is 2. The third-order valence-corrected chi connectivity index (χ3v) is 2.95. The van der Waals surface area contributed by atoms with Crippen molar-refractivity contribution < 1.29 is 0 Å². The minimum atomic E-state index is 0.270. The second kappa shape index (κ2) is 6.28. The molecular weight excluding hydrogens is 277 g/mol. The molecule has 0 aliphatic carbocycles. The lowest BCUT2D eigenvalue weighted by atomic mass is 10.1. The van der Waals surface area contributed by atoms with Crippen molar-refractivity contribution in [3.05, 3.63) is 16.0 Å².